The van der Waals surface area contributed by atoms with Crippen molar-refractivity contribution in [2.24, 2.45) is 0 Å². The molecule has 0 saturated carbocycles. The molecular weight excluding hydrogens is 238 g/mol. The first kappa shape index (κ1) is 14.4. The number of benzene rings is 1. The molecule has 1 aliphatic rings. The minimum Gasteiger partial charge on any atom is -0.493 e. The molecular formula is C16H25NO2. The summed E-state index contributed by atoms with van der Waals surface area (Å²) in [5.41, 5.74) is 1.23. The van der Waals surface area contributed by atoms with E-state index in [1.54, 1.807) is 0 Å². The average Bonchev–Trinajstić information content (AvgIpc) is 2.91. The van der Waals surface area contributed by atoms with E-state index in [9.17, 15) is 0 Å². The van der Waals surface area contributed by atoms with Crippen LogP contribution in [0.3, 0.4) is 0 Å². The van der Waals surface area contributed by atoms with Crippen LogP contribution in [-0.4, -0.2) is 25.4 Å². The number of hydrogen-bond donors (Lipinski definition) is 1. The Balaban J connectivity index is 1.80. The third-order valence-corrected chi connectivity index (χ3v) is 3.39. The van der Waals surface area contributed by atoms with Gasteiger partial charge in [0.1, 0.15) is 5.75 Å². The third kappa shape index (κ3) is 4.84. The molecule has 0 amide bonds. The first-order valence-corrected chi connectivity index (χ1v) is 7.31. The number of para-hydroxylation sites is 1. The van der Waals surface area contributed by atoms with E-state index in [4.69, 9.17) is 9.47 Å². The molecule has 3 heteroatoms. The minimum atomic E-state index is 0.404. The number of ether oxygens (including phenoxy) is 2. The molecule has 1 atom stereocenters. The average molecular weight is 263 g/mol. The lowest BCUT2D eigenvalue weighted by Crippen LogP contribution is -2.22. The molecule has 1 saturated heterocycles. The fraction of sp³-hybridized carbons (Fsp3) is 0.625. The second kappa shape index (κ2) is 7.51. The Kier molecular flexibility index (Phi) is 5.67. The molecule has 1 aliphatic heterocycles. The molecule has 1 aromatic rings. The van der Waals surface area contributed by atoms with Gasteiger partial charge in [-0.1, -0.05) is 32.0 Å². The van der Waals surface area contributed by atoms with Gasteiger partial charge in [0.15, 0.2) is 0 Å². The van der Waals surface area contributed by atoms with E-state index in [1.807, 2.05) is 12.1 Å². The number of nitrogens with one attached hydrogen (secondary N) is 1. The van der Waals surface area contributed by atoms with Crippen LogP contribution < -0.4 is 10.1 Å². The van der Waals surface area contributed by atoms with E-state index in [0.717, 1.165) is 31.9 Å². The Morgan fingerprint density at radius 1 is 1.37 bits per heavy atom. The van der Waals surface area contributed by atoms with Crippen LogP contribution in [0.4, 0.5) is 0 Å². The molecule has 0 aromatic heterocycles. The Morgan fingerprint density at radius 3 is 2.95 bits per heavy atom. The molecule has 0 aliphatic carbocycles. The minimum absolute atomic E-state index is 0.404. The van der Waals surface area contributed by atoms with Gasteiger partial charge in [-0.15, -0.1) is 0 Å². The van der Waals surface area contributed by atoms with Gasteiger partial charge < -0.3 is 14.8 Å². The Labute approximate surface area is 116 Å². The van der Waals surface area contributed by atoms with Crippen LogP contribution in [0, 0.1) is 0 Å². The lowest BCUT2D eigenvalue weighted by molar-refractivity contribution is 0.0902. The summed E-state index contributed by atoms with van der Waals surface area (Å²) in [6.45, 7) is 6.82. The van der Waals surface area contributed by atoms with Gasteiger partial charge in [-0.3, -0.25) is 0 Å². The second-order valence-corrected chi connectivity index (χ2v) is 5.42. The van der Waals surface area contributed by atoms with E-state index in [1.165, 1.54) is 18.4 Å². The van der Waals surface area contributed by atoms with E-state index in [2.05, 4.69) is 31.3 Å². The molecule has 1 N–H and O–H groups in total. The zero-order chi connectivity index (χ0) is 13.5. The van der Waals surface area contributed by atoms with Gasteiger partial charge in [-0.05, 0) is 18.9 Å². The second-order valence-electron chi connectivity index (χ2n) is 5.42. The lowest BCUT2D eigenvalue weighted by Gasteiger charge is -2.15. The normalized spacial score (nSPS) is 19.0. The van der Waals surface area contributed by atoms with E-state index in [0.29, 0.717) is 12.1 Å². The zero-order valence-corrected chi connectivity index (χ0v) is 12.0. The highest BCUT2D eigenvalue weighted by molar-refractivity contribution is 5.33. The van der Waals surface area contributed by atoms with Gasteiger partial charge in [0.05, 0.1) is 12.7 Å². The largest absolute Gasteiger partial charge is 0.493 e. The molecule has 106 valence electrons. The number of hydrogen-bond acceptors (Lipinski definition) is 3. The summed E-state index contributed by atoms with van der Waals surface area (Å²) in [5.74, 6) is 0.994. The van der Waals surface area contributed by atoms with Gasteiger partial charge >= 0.3 is 0 Å². The van der Waals surface area contributed by atoms with Gasteiger partial charge in [0.2, 0.25) is 0 Å². The van der Waals surface area contributed by atoms with E-state index in [-0.39, 0.29) is 0 Å². The van der Waals surface area contributed by atoms with Crippen molar-refractivity contribution in [3.8, 4) is 5.75 Å². The first-order chi connectivity index (χ1) is 9.25. The Morgan fingerprint density at radius 2 is 2.21 bits per heavy atom. The van der Waals surface area contributed by atoms with Gasteiger partial charge in [-0.2, -0.15) is 0 Å². The van der Waals surface area contributed by atoms with Crippen molar-refractivity contribution in [2.45, 2.75) is 51.8 Å². The van der Waals surface area contributed by atoms with Crippen molar-refractivity contribution in [1.82, 2.24) is 5.32 Å². The summed E-state index contributed by atoms with van der Waals surface area (Å²) in [7, 11) is 0. The van der Waals surface area contributed by atoms with Crippen molar-refractivity contribution in [3.05, 3.63) is 29.8 Å². The molecule has 1 unspecified atom stereocenters. The smallest absolute Gasteiger partial charge is 0.123 e. The predicted octanol–water partition coefficient (Wildman–Crippen LogP) is 3.13. The zero-order valence-electron chi connectivity index (χ0n) is 12.0. The SMILES string of the molecule is CC(C)NCc1ccccc1OCCC1CCCO1. The number of rotatable bonds is 7. The van der Waals surface area contributed by atoms with E-state index < -0.39 is 0 Å². The highest BCUT2D eigenvalue weighted by Gasteiger charge is 2.15. The predicted molar refractivity (Wildman–Crippen MR) is 77.5 cm³/mol. The molecule has 1 heterocycles. The van der Waals surface area contributed by atoms with Crippen molar-refractivity contribution < 1.29 is 9.47 Å². The van der Waals surface area contributed by atoms with Gasteiger partial charge in [-0.25, -0.2) is 0 Å². The molecule has 3 nitrogen and oxygen atoms in total. The summed E-state index contributed by atoms with van der Waals surface area (Å²) in [4.78, 5) is 0. The van der Waals surface area contributed by atoms with Crippen LogP contribution in [0.15, 0.2) is 24.3 Å². The molecule has 19 heavy (non-hydrogen) atoms. The molecule has 1 aromatic carbocycles. The fourth-order valence-electron chi connectivity index (χ4n) is 2.28. The van der Waals surface area contributed by atoms with Gasteiger partial charge in [0, 0.05) is 31.2 Å². The van der Waals surface area contributed by atoms with Crippen molar-refractivity contribution in [2.75, 3.05) is 13.2 Å². The fourth-order valence-corrected chi connectivity index (χ4v) is 2.28. The van der Waals surface area contributed by atoms with Crippen LogP contribution in [0.5, 0.6) is 5.75 Å². The molecule has 0 bridgehead atoms. The van der Waals surface area contributed by atoms with Crippen LogP contribution in [0.1, 0.15) is 38.7 Å². The van der Waals surface area contributed by atoms with Crippen LogP contribution >= 0.6 is 0 Å². The van der Waals surface area contributed by atoms with Crippen molar-refractivity contribution in [3.63, 3.8) is 0 Å². The van der Waals surface area contributed by atoms with Crippen molar-refractivity contribution in [1.29, 1.82) is 0 Å². The maximum absolute atomic E-state index is 5.91. The van der Waals surface area contributed by atoms with Crippen LogP contribution in [0.2, 0.25) is 0 Å². The maximum atomic E-state index is 5.91. The van der Waals surface area contributed by atoms with Crippen LogP contribution in [-0.2, 0) is 11.3 Å². The molecule has 1 fully saturated rings. The third-order valence-electron chi connectivity index (χ3n) is 3.39. The maximum Gasteiger partial charge on any atom is 0.123 e. The first-order valence-electron chi connectivity index (χ1n) is 7.31. The summed E-state index contributed by atoms with van der Waals surface area (Å²) in [6, 6.07) is 8.74. The summed E-state index contributed by atoms with van der Waals surface area (Å²) >= 11 is 0. The molecule has 2 rings (SSSR count). The Bertz CT molecular complexity index is 373. The van der Waals surface area contributed by atoms with E-state index >= 15 is 0 Å². The molecule has 0 radical (unpaired) electrons. The highest BCUT2D eigenvalue weighted by Crippen LogP contribution is 2.20. The lowest BCUT2D eigenvalue weighted by atomic mass is 10.2. The topological polar surface area (TPSA) is 30.5 Å². The Hall–Kier alpha value is -1.06. The van der Waals surface area contributed by atoms with Gasteiger partial charge in [0.25, 0.3) is 0 Å². The summed E-state index contributed by atoms with van der Waals surface area (Å²) in [5, 5.41) is 3.43. The summed E-state index contributed by atoms with van der Waals surface area (Å²) in [6.07, 6.45) is 3.77. The highest BCUT2D eigenvalue weighted by atomic mass is 16.5. The monoisotopic (exact) mass is 263 g/mol. The standard InChI is InChI=1S/C16H25NO2/c1-13(2)17-12-14-6-3-4-8-16(14)19-11-9-15-7-5-10-18-15/h3-4,6,8,13,15,17H,5,7,9-12H2,1-2H3. The van der Waals surface area contributed by atoms with Crippen LogP contribution in [0.25, 0.3) is 0 Å². The quantitative estimate of drug-likeness (QED) is 0.820. The summed E-state index contributed by atoms with van der Waals surface area (Å²) < 4.78 is 11.5. The molecule has 0 spiro atoms. The van der Waals surface area contributed by atoms with Crippen molar-refractivity contribution >= 4 is 0 Å².